The third-order valence-corrected chi connectivity index (χ3v) is 5.64. The lowest BCUT2D eigenvalue weighted by atomic mass is 10.1. The molecule has 0 bridgehead atoms. The van der Waals surface area contributed by atoms with Crippen LogP contribution in [-0.2, 0) is 22.7 Å². The summed E-state index contributed by atoms with van der Waals surface area (Å²) in [5, 5.41) is 15.9. The Morgan fingerprint density at radius 3 is 2.37 bits per heavy atom. The lowest BCUT2D eigenvalue weighted by Gasteiger charge is -2.13. The van der Waals surface area contributed by atoms with E-state index in [1.165, 1.54) is 6.92 Å². The second-order valence-electron chi connectivity index (χ2n) is 4.13. The molecule has 1 rings (SSSR count). The molecule has 0 aliphatic rings. The average Bonchev–Trinajstić information content (AvgIpc) is 2.43. The van der Waals surface area contributed by atoms with Crippen LogP contribution in [0.2, 0.25) is 0 Å². The summed E-state index contributed by atoms with van der Waals surface area (Å²) in [7, 11) is -3.72. The Hall–Kier alpha value is -1.19. The van der Waals surface area contributed by atoms with Gasteiger partial charge in [-0.25, -0.2) is 8.42 Å². The molecule has 0 amide bonds. The van der Waals surface area contributed by atoms with Crippen LogP contribution in [0.3, 0.4) is 0 Å². The van der Waals surface area contributed by atoms with Crippen molar-refractivity contribution < 1.29 is 8.42 Å². The highest BCUT2D eigenvalue weighted by molar-refractivity contribution is 7.92. The van der Waals surface area contributed by atoms with Gasteiger partial charge in [0.05, 0.1) is 16.5 Å². The van der Waals surface area contributed by atoms with Gasteiger partial charge in [-0.2, -0.15) is 10.4 Å². The van der Waals surface area contributed by atoms with E-state index >= 15 is 0 Å². The first-order valence-electron chi connectivity index (χ1n) is 6.02. The van der Waals surface area contributed by atoms with Crippen molar-refractivity contribution in [2.45, 2.75) is 43.9 Å². The standard InChI is InChI=1S/C12H16ClN3O2S/c1-4-9-10(7-14)12(16-15-11(9)5-2)19(17,18)8(3)6-13/h8H,4-6H2,1-3H3. The molecule has 104 valence electrons. The van der Waals surface area contributed by atoms with Crippen LogP contribution >= 0.6 is 11.6 Å². The van der Waals surface area contributed by atoms with Crippen molar-refractivity contribution in [3.63, 3.8) is 0 Å². The fourth-order valence-corrected chi connectivity index (χ4v) is 3.39. The van der Waals surface area contributed by atoms with Gasteiger partial charge in [0, 0.05) is 5.88 Å². The van der Waals surface area contributed by atoms with Gasteiger partial charge >= 0.3 is 0 Å². The van der Waals surface area contributed by atoms with E-state index in [9.17, 15) is 13.7 Å². The molecule has 0 saturated heterocycles. The molecule has 1 unspecified atom stereocenters. The number of aromatic nitrogens is 2. The highest BCUT2D eigenvalue weighted by Crippen LogP contribution is 2.23. The van der Waals surface area contributed by atoms with Crippen molar-refractivity contribution in [3.8, 4) is 6.07 Å². The molecule has 0 N–H and O–H groups in total. The first kappa shape index (κ1) is 15.9. The average molecular weight is 302 g/mol. The number of hydrogen-bond acceptors (Lipinski definition) is 5. The van der Waals surface area contributed by atoms with E-state index in [-0.39, 0.29) is 16.5 Å². The highest BCUT2D eigenvalue weighted by Gasteiger charge is 2.29. The van der Waals surface area contributed by atoms with Gasteiger partial charge in [0.15, 0.2) is 5.03 Å². The maximum atomic E-state index is 12.3. The zero-order valence-corrected chi connectivity index (χ0v) is 12.7. The molecule has 19 heavy (non-hydrogen) atoms. The quantitative estimate of drug-likeness (QED) is 0.775. The number of alkyl halides is 1. The largest absolute Gasteiger partial charge is 0.222 e. The van der Waals surface area contributed by atoms with Crippen molar-refractivity contribution in [2.75, 3.05) is 5.88 Å². The third kappa shape index (κ3) is 2.88. The minimum atomic E-state index is -3.72. The zero-order valence-electron chi connectivity index (χ0n) is 11.1. The van der Waals surface area contributed by atoms with Gasteiger partial charge in [-0.05, 0) is 25.3 Å². The summed E-state index contributed by atoms with van der Waals surface area (Å²) >= 11 is 5.60. The Balaban J connectivity index is 3.60. The summed E-state index contributed by atoms with van der Waals surface area (Å²) in [6.07, 6.45) is 1.15. The molecule has 1 aromatic rings. The van der Waals surface area contributed by atoms with E-state index < -0.39 is 15.1 Å². The fraction of sp³-hybridized carbons (Fsp3) is 0.583. The molecule has 0 radical (unpaired) electrons. The first-order chi connectivity index (χ1) is 8.93. The lowest BCUT2D eigenvalue weighted by molar-refractivity contribution is 0.580. The summed E-state index contributed by atoms with van der Waals surface area (Å²) in [6, 6.07) is 1.95. The fourth-order valence-electron chi connectivity index (χ4n) is 1.74. The van der Waals surface area contributed by atoms with Gasteiger partial charge in [-0.3, -0.25) is 0 Å². The molecule has 1 atom stereocenters. The maximum Gasteiger partial charge on any atom is 0.202 e. The highest BCUT2D eigenvalue weighted by atomic mass is 35.5. The van der Waals surface area contributed by atoms with Crippen LogP contribution in [0.4, 0.5) is 0 Å². The van der Waals surface area contributed by atoms with Crippen LogP contribution < -0.4 is 0 Å². The Morgan fingerprint density at radius 1 is 1.32 bits per heavy atom. The monoisotopic (exact) mass is 301 g/mol. The molecule has 0 aliphatic carbocycles. The van der Waals surface area contributed by atoms with Gasteiger partial charge < -0.3 is 0 Å². The number of aryl methyl sites for hydroxylation is 1. The van der Waals surface area contributed by atoms with Crippen molar-refractivity contribution in [1.82, 2.24) is 10.2 Å². The number of sulfone groups is 1. The Bertz CT molecular complexity index is 608. The zero-order chi connectivity index (χ0) is 14.6. The van der Waals surface area contributed by atoms with Gasteiger partial charge in [-0.15, -0.1) is 16.7 Å². The summed E-state index contributed by atoms with van der Waals surface area (Å²) in [4.78, 5) is 0. The van der Waals surface area contributed by atoms with Crippen LogP contribution in [0.25, 0.3) is 0 Å². The minimum Gasteiger partial charge on any atom is -0.222 e. The molecule has 7 heteroatoms. The number of hydrogen-bond donors (Lipinski definition) is 0. The molecular weight excluding hydrogens is 286 g/mol. The normalized spacial score (nSPS) is 13.0. The molecule has 0 saturated carbocycles. The molecule has 0 spiro atoms. The molecule has 0 aromatic carbocycles. The Kier molecular flexibility index (Phi) is 5.27. The molecule has 1 aromatic heterocycles. The third-order valence-electron chi connectivity index (χ3n) is 2.94. The molecule has 0 aliphatic heterocycles. The molecule has 5 nitrogen and oxygen atoms in total. The van der Waals surface area contributed by atoms with E-state index in [0.29, 0.717) is 24.1 Å². The van der Waals surface area contributed by atoms with Gasteiger partial charge in [-0.1, -0.05) is 13.8 Å². The van der Waals surface area contributed by atoms with Crippen molar-refractivity contribution >= 4 is 21.4 Å². The Labute approximate surface area is 118 Å². The number of nitrogens with zero attached hydrogens (tertiary/aromatic N) is 3. The first-order valence-corrected chi connectivity index (χ1v) is 8.10. The molecular formula is C12H16ClN3O2S. The van der Waals surface area contributed by atoms with Crippen LogP contribution in [-0.4, -0.2) is 29.7 Å². The van der Waals surface area contributed by atoms with Gasteiger partial charge in [0.25, 0.3) is 0 Å². The van der Waals surface area contributed by atoms with Crippen LogP contribution in [0.5, 0.6) is 0 Å². The van der Waals surface area contributed by atoms with E-state index in [4.69, 9.17) is 11.6 Å². The minimum absolute atomic E-state index is 0.0497. The van der Waals surface area contributed by atoms with Crippen molar-refractivity contribution in [1.29, 1.82) is 5.26 Å². The number of halogens is 1. The summed E-state index contributed by atoms with van der Waals surface area (Å²) in [6.45, 7) is 5.24. The maximum absolute atomic E-state index is 12.3. The summed E-state index contributed by atoms with van der Waals surface area (Å²) < 4.78 is 24.5. The predicted molar refractivity (Wildman–Crippen MR) is 72.9 cm³/mol. The predicted octanol–water partition coefficient (Wildman–Crippen LogP) is 1.87. The lowest BCUT2D eigenvalue weighted by Crippen LogP contribution is -2.23. The van der Waals surface area contributed by atoms with Gasteiger partial charge in [0.2, 0.25) is 9.84 Å². The second kappa shape index (κ2) is 6.31. The van der Waals surface area contributed by atoms with E-state index in [0.717, 1.165) is 0 Å². The summed E-state index contributed by atoms with van der Waals surface area (Å²) in [5.41, 5.74) is 1.42. The SMILES string of the molecule is CCc1nnc(S(=O)(=O)C(C)CCl)c(C#N)c1CC. The van der Waals surface area contributed by atoms with Crippen LogP contribution in [0.15, 0.2) is 5.03 Å². The van der Waals surface area contributed by atoms with E-state index in [1.54, 1.807) is 0 Å². The van der Waals surface area contributed by atoms with E-state index in [2.05, 4.69) is 10.2 Å². The summed E-state index contributed by atoms with van der Waals surface area (Å²) in [5.74, 6) is -0.0497. The van der Waals surface area contributed by atoms with Crippen LogP contribution in [0, 0.1) is 11.3 Å². The van der Waals surface area contributed by atoms with Crippen molar-refractivity contribution in [3.05, 3.63) is 16.8 Å². The second-order valence-corrected chi connectivity index (χ2v) is 6.72. The van der Waals surface area contributed by atoms with Crippen molar-refractivity contribution in [2.24, 2.45) is 0 Å². The van der Waals surface area contributed by atoms with E-state index in [1.807, 2.05) is 19.9 Å². The number of nitriles is 1. The molecule has 1 heterocycles. The Morgan fingerprint density at radius 2 is 1.95 bits per heavy atom. The van der Waals surface area contributed by atoms with Crippen LogP contribution in [0.1, 0.15) is 37.6 Å². The molecule has 0 fully saturated rings. The topological polar surface area (TPSA) is 83.7 Å². The van der Waals surface area contributed by atoms with Gasteiger partial charge in [0.1, 0.15) is 6.07 Å². The smallest absolute Gasteiger partial charge is 0.202 e. The number of rotatable bonds is 5.